The lowest BCUT2D eigenvalue weighted by Crippen LogP contribution is -2.26. The van der Waals surface area contributed by atoms with E-state index in [1.807, 2.05) is 18.2 Å². The molecular formula is C24H26N2O3S. The normalized spacial score (nSPS) is 11.3. The van der Waals surface area contributed by atoms with Crippen molar-refractivity contribution in [2.75, 3.05) is 11.8 Å². The summed E-state index contributed by atoms with van der Waals surface area (Å²) in [4.78, 5) is 14.5. The summed E-state index contributed by atoms with van der Waals surface area (Å²) in [6, 6.07) is 22.9. The van der Waals surface area contributed by atoms with E-state index in [4.69, 9.17) is 0 Å². The number of carbonyl (C=O) groups excluding carboxylic acids is 1. The van der Waals surface area contributed by atoms with E-state index in [9.17, 15) is 13.2 Å². The molecule has 0 aliphatic carbocycles. The Bertz CT molecular complexity index is 1110. The van der Waals surface area contributed by atoms with Crippen molar-refractivity contribution in [2.24, 2.45) is 0 Å². The van der Waals surface area contributed by atoms with Gasteiger partial charge in [0.15, 0.2) is 0 Å². The molecule has 156 valence electrons. The summed E-state index contributed by atoms with van der Waals surface area (Å²) in [5.74, 6) is 0.215. The van der Waals surface area contributed by atoms with Crippen LogP contribution in [0.2, 0.25) is 0 Å². The molecule has 1 amide bonds. The topological polar surface area (TPSA) is 66.5 Å². The predicted molar refractivity (Wildman–Crippen MR) is 120 cm³/mol. The number of benzene rings is 3. The molecule has 0 bridgehead atoms. The Hall–Kier alpha value is -3.12. The maximum Gasteiger partial charge on any atom is 0.261 e. The van der Waals surface area contributed by atoms with Crippen LogP contribution in [0.5, 0.6) is 0 Å². The predicted octanol–water partition coefficient (Wildman–Crippen LogP) is 4.88. The van der Waals surface area contributed by atoms with E-state index < -0.39 is 10.0 Å². The summed E-state index contributed by atoms with van der Waals surface area (Å²) in [7, 11) is -2.08. The van der Waals surface area contributed by atoms with Gasteiger partial charge in [0.05, 0.1) is 4.90 Å². The fourth-order valence-electron chi connectivity index (χ4n) is 3.09. The fraction of sp³-hybridized carbons (Fsp3) is 0.208. The molecule has 0 aliphatic heterocycles. The summed E-state index contributed by atoms with van der Waals surface area (Å²) in [5, 5.41) is 0. The van der Waals surface area contributed by atoms with E-state index in [0.717, 1.165) is 5.56 Å². The molecule has 0 saturated heterocycles. The molecule has 30 heavy (non-hydrogen) atoms. The molecule has 0 aliphatic rings. The highest BCUT2D eigenvalue weighted by molar-refractivity contribution is 7.92. The second-order valence-electron chi connectivity index (χ2n) is 7.56. The first kappa shape index (κ1) is 21.6. The van der Waals surface area contributed by atoms with Crippen LogP contribution in [0, 0.1) is 0 Å². The minimum absolute atomic E-state index is 0.0480. The molecule has 0 heterocycles. The number of sulfonamides is 1. The summed E-state index contributed by atoms with van der Waals surface area (Å²) in [6.45, 7) is 4.72. The molecule has 0 atom stereocenters. The van der Waals surface area contributed by atoms with E-state index in [0.29, 0.717) is 23.7 Å². The third kappa shape index (κ3) is 5.27. The molecule has 3 aromatic carbocycles. The Labute approximate surface area is 178 Å². The maximum absolute atomic E-state index is 12.9. The van der Waals surface area contributed by atoms with Gasteiger partial charge in [0, 0.05) is 24.8 Å². The molecule has 0 radical (unpaired) electrons. The summed E-state index contributed by atoms with van der Waals surface area (Å²) in [5.41, 5.74) is 3.06. The number of nitrogens with one attached hydrogen (secondary N) is 1. The lowest BCUT2D eigenvalue weighted by molar-refractivity contribution is 0.0785. The van der Waals surface area contributed by atoms with Gasteiger partial charge >= 0.3 is 0 Å². The Morgan fingerprint density at radius 3 is 2.23 bits per heavy atom. The van der Waals surface area contributed by atoms with E-state index >= 15 is 0 Å². The first-order valence-electron chi connectivity index (χ1n) is 9.78. The highest BCUT2D eigenvalue weighted by atomic mass is 32.2. The van der Waals surface area contributed by atoms with Gasteiger partial charge in [0.2, 0.25) is 0 Å². The highest BCUT2D eigenvalue weighted by Gasteiger charge is 2.18. The van der Waals surface area contributed by atoms with Crippen molar-refractivity contribution in [3.63, 3.8) is 0 Å². The van der Waals surface area contributed by atoms with Crippen LogP contribution >= 0.6 is 0 Å². The Balaban J connectivity index is 1.75. The van der Waals surface area contributed by atoms with Gasteiger partial charge in [0.1, 0.15) is 0 Å². The second-order valence-corrected chi connectivity index (χ2v) is 9.24. The summed E-state index contributed by atoms with van der Waals surface area (Å²) >= 11 is 0. The van der Waals surface area contributed by atoms with Crippen LogP contribution in [-0.4, -0.2) is 26.3 Å². The molecule has 5 nitrogen and oxygen atoms in total. The van der Waals surface area contributed by atoms with E-state index in [2.05, 4.69) is 30.7 Å². The van der Waals surface area contributed by atoms with Crippen molar-refractivity contribution in [1.82, 2.24) is 4.90 Å². The van der Waals surface area contributed by atoms with Crippen LogP contribution in [0.15, 0.2) is 83.8 Å². The highest BCUT2D eigenvalue weighted by Crippen LogP contribution is 2.19. The zero-order chi connectivity index (χ0) is 21.7. The second kappa shape index (κ2) is 9.13. The van der Waals surface area contributed by atoms with Crippen LogP contribution in [0.1, 0.15) is 41.3 Å². The number of anilines is 1. The molecule has 3 rings (SSSR count). The zero-order valence-electron chi connectivity index (χ0n) is 17.4. The Morgan fingerprint density at radius 1 is 0.933 bits per heavy atom. The van der Waals surface area contributed by atoms with Crippen LogP contribution in [0.3, 0.4) is 0 Å². The van der Waals surface area contributed by atoms with Gasteiger partial charge in [-0.1, -0.05) is 62.4 Å². The average Bonchev–Trinajstić information content (AvgIpc) is 2.74. The first-order chi connectivity index (χ1) is 14.3. The van der Waals surface area contributed by atoms with Crippen LogP contribution in [0.25, 0.3) is 0 Å². The molecule has 1 N–H and O–H groups in total. The SMILES string of the molecule is CC(C)c1ccc(CN(C)C(=O)c2cccc(S(=O)(=O)Nc3ccccc3)c2)cc1. The number of hydrogen-bond donors (Lipinski definition) is 1. The van der Waals surface area contributed by atoms with E-state index in [-0.39, 0.29) is 10.8 Å². The fourth-order valence-corrected chi connectivity index (χ4v) is 4.19. The van der Waals surface area contributed by atoms with Crippen LogP contribution in [-0.2, 0) is 16.6 Å². The van der Waals surface area contributed by atoms with E-state index in [1.54, 1.807) is 48.3 Å². The average molecular weight is 423 g/mol. The number of hydrogen-bond acceptors (Lipinski definition) is 3. The molecular weight excluding hydrogens is 396 g/mol. The molecule has 0 spiro atoms. The molecule has 0 fully saturated rings. The van der Waals surface area contributed by atoms with Crippen molar-refractivity contribution in [3.8, 4) is 0 Å². The monoisotopic (exact) mass is 422 g/mol. The van der Waals surface area contributed by atoms with Gasteiger partial charge in [-0.3, -0.25) is 9.52 Å². The zero-order valence-corrected chi connectivity index (χ0v) is 18.2. The molecule has 0 aromatic heterocycles. The number of carbonyl (C=O) groups is 1. The lowest BCUT2D eigenvalue weighted by Gasteiger charge is -2.18. The van der Waals surface area contributed by atoms with Crippen molar-refractivity contribution in [2.45, 2.75) is 31.2 Å². The van der Waals surface area contributed by atoms with Crippen LogP contribution < -0.4 is 4.72 Å². The third-order valence-electron chi connectivity index (χ3n) is 4.83. The number of para-hydroxylation sites is 1. The third-order valence-corrected chi connectivity index (χ3v) is 6.21. The molecule has 0 saturated carbocycles. The quantitative estimate of drug-likeness (QED) is 0.590. The number of nitrogens with zero attached hydrogens (tertiary/aromatic N) is 1. The molecule has 0 unspecified atom stereocenters. The maximum atomic E-state index is 12.9. The lowest BCUT2D eigenvalue weighted by atomic mass is 10.0. The van der Waals surface area contributed by atoms with Crippen LogP contribution in [0.4, 0.5) is 5.69 Å². The van der Waals surface area contributed by atoms with Crippen molar-refractivity contribution < 1.29 is 13.2 Å². The number of amides is 1. The Morgan fingerprint density at radius 2 is 1.60 bits per heavy atom. The smallest absolute Gasteiger partial charge is 0.261 e. The minimum Gasteiger partial charge on any atom is -0.337 e. The van der Waals surface area contributed by atoms with Crippen molar-refractivity contribution >= 4 is 21.6 Å². The van der Waals surface area contributed by atoms with Crippen molar-refractivity contribution in [1.29, 1.82) is 0 Å². The van der Waals surface area contributed by atoms with Gasteiger partial charge in [-0.25, -0.2) is 8.42 Å². The first-order valence-corrected chi connectivity index (χ1v) is 11.3. The van der Waals surface area contributed by atoms with Crippen molar-refractivity contribution in [3.05, 3.63) is 95.6 Å². The van der Waals surface area contributed by atoms with Gasteiger partial charge in [0.25, 0.3) is 15.9 Å². The van der Waals surface area contributed by atoms with Gasteiger partial charge in [-0.05, 0) is 47.4 Å². The largest absolute Gasteiger partial charge is 0.337 e. The van der Waals surface area contributed by atoms with E-state index in [1.165, 1.54) is 17.7 Å². The Kier molecular flexibility index (Phi) is 6.57. The minimum atomic E-state index is -3.79. The standard InChI is InChI=1S/C24H26N2O3S/c1-18(2)20-14-12-19(13-15-20)17-26(3)24(27)21-8-7-11-23(16-21)30(28,29)25-22-9-5-4-6-10-22/h4-16,18,25H,17H2,1-3H3. The summed E-state index contributed by atoms with van der Waals surface area (Å²) < 4.78 is 27.9. The summed E-state index contributed by atoms with van der Waals surface area (Å²) in [6.07, 6.45) is 0. The van der Waals surface area contributed by atoms with Gasteiger partial charge < -0.3 is 4.90 Å². The molecule has 6 heteroatoms. The van der Waals surface area contributed by atoms with Gasteiger partial charge in [-0.15, -0.1) is 0 Å². The molecule has 3 aromatic rings. The van der Waals surface area contributed by atoms with Gasteiger partial charge in [-0.2, -0.15) is 0 Å². The number of rotatable bonds is 7.